The molecule has 7 heteroatoms. The maximum Gasteiger partial charge on any atom is 0.243 e. The highest BCUT2D eigenvalue weighted by atomic mass is 32.2. The van der Waals surface area contributed by atoms with Crippen LogP contribution in [0, 0.1) is 5.82 Å². The number of halogens is 1. The van der Waals surface area contributed by atoms with Gasteiger partial charge in [0.1, 0.15) is 5.82 Å². The Morgan fingerprint density at radius 3 is 2.95 bits per heavy atom. The fourth-order valence-corrected chi connectivity index (χ4v) is 3.16. The molecule has 1 saturated heterocycles. The highest BCUT2D eigenvalue weighted by Crippen LogP contribution is 2.16. The first-order valence-corrected chi connectivity index (χ1v) is 7.48. The first kappa shape index (κ1) is 14.4. The summed E-state index contributed by atoms with van der Waals surface area (Å²) in [7, 11) is -2.20. The number of nitrogens with one attached hydrogen (secondary N) is 1. The van der Waals surface area contributed by atoms with E-state index in [1.54, 1.807) is 0 Å². The Hall–Kier alpha value is -1.02. The van der Waals surface area contributed by atoms with Crippen LogP contribution in [0.25, 0.3) is 0 Å². The summed E-state index contributed by atoms with van der Waals surface area (Å²) in [5.74, 6) is -0.565. The molecule has 0 radical (unpaired) electrons. The van der Waals surface area contributed by atoms with Crippen LogP contribution in [0.5, 0.6) is 0 Å². The Morgan fingerprint density at radius 2 is 2.32 bits per heavy atom. The molecule has 1 heterocycles. The molecule has 0 amide bonds. The quantitative estimate of drug-likeness (QED) is 0.873. The summed E-state index contributed by atoms with van der Waals surface area (Å²) in [6.45, 7) is 2.20. The number of hydrogen-bond donors (Lipinski definition) is 1. The summed E-state index contributed by atoms with van der Waals surface area (Å²) < 4.78 is 44.2. The van der Waals surface area contributed by atoms with Gasteiger partial charge < -0.3 is 10.1 Å². The molecular weight excluding hydrogens is 271 g/mol. The Balaban J connectivity index is 2.10. The van der Waals surface area contributed by atoms with E-state index in [1.807, 2.05) is 0 Å². The third kappa shape index (κ3) is 3.50. The lowest BCUT2D eigenvalue weighted by atomic mass is 10.3. The van der Waals surface area contributed by atoms with E-state index in [1.165, 1.54) is 29.6 Å². The van der Waals surface area contributed by atoms with E-state index < -0.39 is 15.8 Å². The van der Waals surface area contributed by atoms with E-state index in [2.05, 4.69) is 5.32 Å². The Morgan fingerprint density at radius 1 is 1.53 bits per heavy atom. The molecule has 19 heavy (non-hydrogen) atoms. The van der Waals surface area contributed by atoms with Crippen LogP contribution in [-0.4, -0.2) is 52.1 Å². The molecule has 1 aromatic carbocycles. The van der Waals surface area contributed by atoms with Crippen molar-refractivity contribution in [1.29, 1.82) is 0 Å². The summed E-state index contributed by atoms with van der Waals surface area (Å²) in [5, 5.41) is 3.13. The molecule has 1 fully saturated rings. The van der Waals surface area contributed by atoms with E-state index in [4.69, 9.17) is 4.74 Å². The maximum atomic E-state index is 13.1. The first-order chi connectivity index (χ1) is 9.00. The van der Waals surface area contributed by atoms with Gasteiger partial charge >= 0.3 is 0 Å². The number of likely N-dealkylation sites (N-methyl/N-ethyl adjacent to an activating group) is 1. The SMILES string of the molecule is CN(CC1CNCCO1)S(=O)(=O)c1cccc(F)c1. The molecule has 0 saturated carbocycles. The van der Waals surface area contributed by atoms with E-state index in [-0.39, 0.29) is 17.5 Å². The summed E-state index contributed by atoms with van der Waals surface area (Å²) >= 11 is 0. The van der Waals surface area contributed by atoms with Gasteiger partial charge in [0.25, 0.3) is 0 Å². The zero-order valence-electron chi connectivity index (χ0n) is 10.7. The lowest BCUT2D eigenvalue weighted by Gasteiger charge is -2.27. The van der Waals surface area contributed by atoms with Crippen LogP contribution in [0.2, 0.25) is 0 Å². The van der Waals surface area contributed by atoms with Crippen molar-refractivity contribution in [2.24, 2.45) is 0 Å². The average Bonchev–Trinajstić information content (AvgIpc) is 2.40. The summed E-state index contributed by atoms with van der Waals surface area (Å²) in [5.41, 5.74) is 0. The minimum absolute atomic E-state index is 0.0428. The van der Waals surface area contributed by atoms with Crippen LogP contribution in [0.3, 0.4) is 0 Å². The van der Waals surface area contributed by atoms with Crippen molar-refractivity contribution in [1.82, 2.24) is 9.62 Å². The first-order valence-electron chi connectivity index (χ1n) is 6.04. The van der Waals surface area contributed by atoms with Crippen molar-refractivity contribution in [3.8, 4) is 0 Å². The number of morpholine rings is 1. The van der Waals surface area contributed by atoms with Crippen LogP contribution < -0.4 is 5.32 Å². The van der Waals surface area contributed by atoms with Gasteiger partial charge in [0.05, 0.1) is 17.6 Å². The van der Waals surface area contributed by atoms with Gasteiger partial charge in [-0.3, -0.25) is 0 Å². The number of sulfonamides is 1. The van der Waals surface area contributed by atoms with Crippen molar-refractivity contribution < 1.29 is 17.5 Å². The minimum atomic E-state index is -3.68. The Labute approximate surface area is 112 Å². The van der Waals surface area contributed by atoms with Crippen LogP contribution >= 0.6 is 0 Å². The van der Waals surface area contributed by atoms with Crippen molar-refractivity contribution in [2.45, 2.75) is 11.0 Å². The van der Waals surface area contributed by atoms with Crippen LogP contribution in [0.1, 0.15) is 0 Å². The van der Waals surface area contributed by atoms with E-state index in [0.717, 1.165) is 12.6 Å². The third-order valence-electron chi connectivity index (χ3n) is 2.97. The van der Waals surface area contributed by atoms with Gasteiger partial charge in [-0.25, -0.2) is 12.8 Å². The zero-order valence-corrected chi connectivity index (χ0v) is 11.5. The maximum absolute atomic E-state index is 13.1. The van der Waals surface area contributed by atoms with Gasteiger partial charge in [-0.15, -0.1) is 0 Å². The molecule has 1 aromatic rings. The molecule has 0 aliphatic carbocycles. The van der Waals surface area contributed by atoms with Crippen LogP contribution in [0.15, 0.2) is 29.2 Å². The predicted molar refractivity (Wildman–Crippen MR) is 68.8 cm³/mol. The normalized spacial score (nSPS) is 20.7. The van der Waals surface area contributed by atoms with Gasteiger partial charge in [0, 0.05) is 26.7 Å². The second-order valence-corrected chi connectivity index (χ2v) is 6.48. The lowest BCUT2D eigenvalue weighted by molar-refractivity contribution is 0.0206. The zero-order chi connectivity index (χ0) is 13.9. The van der Waals surface area contributed by atoms with Gasteiger partial charge in [-0.1, -0.05) is 6.07 Å². The predicted octanol–water partition coefficient (Wildman–Crippen LogP) is 0.435. The third-order valence-corrected chi connectivity index (χ3v) is 4.79. The number of ether oxygens (including phenoxy) is 1. The van der Waals surface area contributed by atoms with Gasteiger partial charge in [0.15, 0.2) is 0 Å². The number of benzene rings is 1. The topological polar surface area (TPSA) is 58.6 Å². The van der Waals surface area contributed by atoms with Crippen molar-refractivity contribution in [3.05, 3.63) is 30.1 Å². The Bertz CT molecular complexity index is 530. The summed E-state index contributed by atoms with van der Waals surface area (Å²) in [6.07, 6.45) is -0.179. The molecule has 0 spiro atoms. The molecule has 1 N–H and O–H groups in total. The van der Waals surface area contributed by atoms with Crippen LogP contribution in [-0.2, 0) is 14.8 Å². The molecule has 1 unspecified atom stereocenters. The number of hydrogen-bond acceptors (Lipinski definition) is 4. The molecular formula is C12H17FN2O3S. The smallest absolute Gasteiger partial charge is 0.243 e. The second kappa shape index (κ2) is 5.96. The fraction of sp³-hybridized carbons (Fsp3) is 0.500. The van der Waals surface area contributed by atoms with E-state index in [0.29, 0.717) is 13.2 Å². The van der Waals surface area contributed by atoms with Gasteiger partial charge in [-0.05, 0) is 18.2 Å². The average molecular weight is 288 g/mol. The second-order valence-electron chi connectivity index (χ2n) is 4.44. The molecule has 106 valence electrons. The van der Waals surface area contributed by atoms with Crippen molar-refractivity contribution in [3.63, 3.8) is 0 Å². The largest absolute Gasteiger partial charge is 0.374 e. The number of rotatable bonds is 4. The lowest BCUT2D eigenvalue weighted by Crippen LogP contribution is -2.45. The molecule has 1 aliphatic heterocycles. The minimum Gasteiger partial charge on any atom is -0.374 e. The fourth-order valence-electron chi connectivity index (χ4n) is 1.93. The van der Waals surface area contributed by atoms with E-state index in [9.17, 15) is 12.8 Å². The van der Waals surface area contributed by atoms with Crippen molar-refractivity contribution >= 4 is 10.0 Å². The van der Waals surface area contributed by atoms with Gasteiger partial charge in [0.2, 0.25) is 10.0 Å². The molecule has 0 aromatic heterocycles. The summed E-state index contributed by atoms with van der Waals surface area (Å²) in [4.78, 5) is -0.0428. The molecule has 1 aliphatic rings. The molecule has 5 nitrogen and oxygen atoms in total. The summed E-state index contributed by atoms with van der Waals surface area (Å²) in [6, 6.07) is 5.00. The van der Waals surface area contributed by atoms with E-state index >= 15 is 0 Å². The van der Waals surface area contributed by atoms with Crippen LogP contribution in [0.4, 0.5) is 4.39 Å². The van der Waals surface area contributed by atoms with Crippen molar-refractivity contribution in [2.75, 3.05) is 33.3 Å². The molecule has 1 atom stereocenters. The standard InChI is InChI=1S/C12H17FN2O3S/c1-15(9-11-8-14-5-6-18-11)19(16,17)12-4-2-3-10(13)7-12/h2-4,7,11,14H,5-6,8-9H2,1H3. The molecule has 2 rings (SSSR count). The highest BCUT2D eigenvalue weighted by molar-refractivity contribution is 7.89. The highest BCUT2D eigenvalue weighted by Gasteiger charge is 2.25. The molecule has 0 bridgehead atoms. The van der Waals surface area contributed by atoms with Gasteiger partial charge in [-0.2, -0.15) is 4.31 Å². The Kier molecular flexibility index (Phi) is 4.51. The number of nitrogens with zero attached hydrogens (tertiary/aromatic N) is 1. The monoisotopic (exact) mass is 288 g/mol.